The zero-order valence-corrected chi connectivity index (χ0v) is 12.9. The van der Waals surface area contributed by atoms with Gasteiger partial charge in [-0.05, 0) is 34.9 Å². The van der Waals surface area contributed by atoms with Crippen LogP contribution in [-0.2, 0) is 12.4 Å². The maximum Gasteiger partial charge on any atom is 0.416 e. The fourth-order valence-corrected chi connectivity index (χ4v) is 2.05. The highest BCUT2D eigenvalue weighted by Crippen LogP contribution is 2.38. The first kappa shape index (κ1) is 19.3. The van der Waals surface area contributed by atoms with Crippen molar-refractivity contribution in [2.75, 3.05) is 0 Å². The molecule has 4 nitrogen and oxygen atoms in total. The molecule has 10 heteroatoms. The van der Waals surface area contributed by atoms with E-state index in [1.165, 1.54) is 30.5 Å². The van der Waals surface area contributed by atoms with Crippen molar-refractivity contribution in [2.45, 2.75) is 12.4 Å². The minimum atomic E-state index is -4.90. The predicted octanol–water partition coefficient (Wildman–Crippen LogP) is 4.00. The average molecular weight is 374 g/mol. The first-order valence-electron chi connectivity index (χ1n) is 6.99. The van der Waals surface area contributed by atoms with Gasteiger partial charge in [0.05, 0.1) is 17.3 Å². The van der Waals surface area contributed by atoms with E-state index in [-0.39, 0.29) is 23.2 Å². The number of hydrogen-bond acceptors (Lipinski definition) is 2. The van der Waals surface area contributed by atoms with Crippen LogP contribution < -0.4 is 11.5 Å². The van der Waals surface area contributed by atoms with E-state index in [9.17, 15) is 26.3 Å². The molecule has 0 atom stereocenters. The summed E-state index contributed by atoms with van der Waals surface area (Å²) in [4.78, 5) is 0. The van der Waals surface area contributed by atoms with Gasteiger partial charge in [-0.1, -0.05) is 24.3 Å². The molecule has 0 heterocycles. The smallest absolute Gasteiger partial charge is 0.369 e. The third-order valence-electron chi connectivity index (χ3n) is 3.21. The standard InChI is InChI=1S/C16H12F6N4/c17-15(18,19)12-5-11(6-13(7-12)16(20,21)22)10-3-1-9(2-4-10)8-25-26-14(23)24/h1-8H,(H4,23,24,26). The van der Waals surface area contributed by atoms with E-state index >= 15 is 0 Å². The minimum absolute atomic E-state index is 0.0831. The lowest BCUT2D eigenvalue weighted by atomic mass is 9.98. The third kappa shape index (κ3) is 4.98. The topological polar surface area (TPSA) is 76.8 Å². The number of alkyl halides is 6. The van der Waals surface area contributed by atoms with Gasteiger partial charge in [-0.3, -0.25) is 0 Å². The van der Waals surface area contributed by atoms with Crippen molar-refractivity contribution in [3.05, 3.63) is 59.2 Å². The molecule has 0 radical (unpaired) electrons. The predicted molar refractivity (Wildman–Crippen MR) is 85.3 cm³/mol. The van der Waals surface area contributed by atoms with E-state index < -0.39 is 23.5 Å². The summed E-state index contributed by atoms with van der Waals surface area (Å²) in [6.07, 6.45) is -8.53. The Kier molecular flexibility index (Phi) is 5.24. The molecular weight excluding hydrogens is 362 g/mol. The second-order valence-corrected chi connectivity index (χ2v) is 5.19. The fourth-order valence-electron chi connectivity index (χ4n) is 2.05. The molecule has 0 aliphatic carbocycles. The molecule has 0 bridgehead atoms. The average Bonchev–Trinajstić information content (AvgIpc) is 2.53. The summed E-state index contributed by atoms with van der Waals surface area (Å²) in [5.74, 6) is -0.262. The lowest BCUT2D eigenvalue weighted by Crippen LogP contribution is -2.21. The summed E-state index contributed by atoms with van der Waals surface area (Å²) in [5, 5.41) is 6.92. The number of benzene rings is 2. The first-order valence-corrected chi connectivity index (χ1v) is 6.99. The molecule has 0 saturated carbocycles. The van der Waals surface area contributed by atoms with Gasteiger partial charge in [0.1, 0.15) is 0 Å². The number of nitrogens with two attached hydrogens (primary N) is 2. The molecule has 0 saturated heterocycles. The molecule has 138 valence electrons. The molecule has 2 aromatic rings. The molecule has 4 N–H and O–H groups in total. The van der Waals surface area contributed by atoms with Crippen LogP contribution in [-0.4, -0.2) is 12.2 Å². The Morgan fingerprint density at radius 3 is 1.69 bits per heavy atom. The summed E-state index contributed by atoms with van der Waals surface area (Å²) in [5.41, 5.74) is 7.90. The van der Waals surface area contributed by atoms with Crippen LogP contribution in [0.5, 0.6) is 0 Å². The molecule has 2 aromatic carbocycles. The maximum absolute atomic E-state index is 12.9. The van der Waals surface area contributed by atoms with Gasteiger partial charge in [-0.2, -0.15) is 31.4 Å². The van der Waals surface area contributed by atoms with Gasteiger partial charge in [-0.15, -0.1) is 5.10 Å². The molecule has 0 aliphatic rings. The third-order valence-corrected chi connectivity index (χ3v) is 3.21. The Balaban J connectivity index is 2.44. The van der Waals surface area contributed by atoms with Crippen LogP contribution in [0.3, 0.4) is 0 Å². The van der Waals surface area contributed by atoms with Gasteiger partial charge in [-0.25, -0.2) is 0 Å². The number of guanidine groups is 1. The maximum atomic E-state index is 12.9. The Bertz CT molecular complexity index is 799. The van der Waals surface area contributed by atoms with Crippen LogP contribution in [0.2, 0.25) is 0 Å². The number of hydrogen-bond donors (Lipinski definition) is 2. The van der Waals surface area contributed by atoms with Gasteiger partial charge < -0.3 is 11.5 Å². The van der Waals surface area contributed by atoms with Gasteiger partial charge in [0.25, 0.3) is 0 Å². The van der Waals surface area contributed by atoms with Crippen LogP contribution in [0.25, 0.3) is 11.1 Å². The highest BCUT2D eigenvalue weighted by molar-refractivity contribution is 5.82. The molecule has 0 spiro atoms. The zero-order chi connectivity index (χ0) is 19.5. The van der Waals surface area contributed by atoms with Crippen molar-refractivity contribution in [2.24, 2.45) is 21.7 Å². The summed E-state index contributed by atoms with van der Waals surface area (Å²) >= 11 is 0. The zero-order valence-electron chi connectivity index (χ0n) is 12.9. The van der Waals surface area contributed by atoms with E-state index in [1.807, 2.05) is 0 Å². The van der Waals surface area contributed by atoms with E-state index in [1.54, 1.807) is 0 Å². The number of halogens is 6. The van der Waals surface area contributed by atoms with Crippen molar-refractivity contribution in [3.8, 4) is 11.1 Å². The van der Waals surface area contributed by atoms with Gasteiger partial charge in [0.15, 0.2) is 0 Å². The van der Waals surface area contributed by atoms with E-state index in [0.717, 1.165) is 0 Å². The van der Waals surface area contributed by atoms with Crippen molar-refractivity contribution >= 4 is 12.2 Å². The number of nitrogens with zero attached hydrogens (tertiary/aromatic N) is 2. The Labute approximate surface area is 143 Å². The monoisotopic (exact) mass is 374 g/mol. The van der Waals surface area contributed by atoms with Crippen LogP contribution in [0, 0.1) is 0 Å². The molecule has 0 amide bonds. The fraction of sp³-hybridized carbons (Fsp3) is 0.125. The van der Waals surface area contributed by atoms with Gasteiger partial charge >= 0.3 is 12.4 Å². The normalized spacial score (nSPS) is 12.4. The molecule has 0 aliphatic heterocycles. The first-order chi connectivity index (χ1) is 12.0. The molecule has 2 rings (SSSR count). The number of rotatable bonds is 3. The Morgan fingerprint density at radius 1 is 0.769 bits per heavy atom. The molecule has 26 heavy (non-hydrogen) atoms. The van der Waals surface area contributed by atoms with E-state index in [2.05, 4.69) is 10.2 Å². The Hall–Kier alpha value is -3.04. The summed E-state index contributed by atoms with van der Waals surface area (Å²) in [6, 6.07) is 7.05. The molecule has 0 aromatic heterocycles. The second-order valence-electron chi connectivity index (χ2n) is 5.19. The van der Waals surface area contributed by atoms with Crippen LogP contribution in [0.4, 0.5) is 26.3 Å². The molecule has 0 unspecified atom stereocenters. The second kappa shape index (κ2) is 7.06. The molecular formula is C16H12F6N4. The van der Waals surface area contributed by atoms with Crippen molar-refractivity contribution < 1.29 is 26.3 Å². The Morgan fingerprint density at radius 2 is 1.27 bits per heavy atom. The SMILES string of the molecule is NC(N)=NN=Cc1ccc(-c2cc(C(F)(F)F)cc(C(F)(F)F)c2)cc1. The van der Waals surface area contributed by atoms with Gasteiger partial charge in [0.2, 0.25) is 5.96 Å². The summed E-state index contributed by atoms with van der Waals surface area (Å²) in [7, 11) is 0. The van der Waals surface area contributed by atoms with Crippen LogP contribution >= 0.6 is 0 Å². The quantitative estimate of drug-likeness (QED) is 0.369. The van der Waals surface area contributed by atoms with Crippen LogP contribution in [0.15, 0.2) is 52.7 Å². The van der Waals surface area contributed by atoms with Gasteiger partial charge in [0, 0.05) is 0 Å². The van der Waals surface area contributed by atoms with E-state index in [0.29, 0.717) is 17.7 Å². The minimum Gasteiger partial charge on any atom is -0.369 e. The van der Waals surface area contributed by atoms with E-state index in [4.69, 9.17) is 11.5 Å². The van der Waals surface area contributed by atoms with Crippen molar-refractivity contribution in [1.29, 1.82) is 0 Å². The summed E-state index contributed by atoms with van der Waals surface area (Å²) < 4.78 is 77.4. The van der Waals surface area contributed by atoms with Crippen molar-refractivity contribution in [1.82, 2.24) is 0 Å². The largest absolute Gasteiger partial charge is 0.416 e. The highest BCUT2D eigenvalue weighted by atomic mass is 19.4. The summed E-state index contributed by atoms with van der Waals surface area (Å²) in [6.45, 7) is 0. The lowest BCUT2D eigenvalue weighted by molar-refractivity contribution is -0.143. The van der Waals surface area contributed by atoms with Crippen molar-refractivity contribution in [3.63, 3.8) is 0 Å². The molecule has 0 fully saturated rings. The lowest BCUT2D eigenvalue weighted by Gasteiger charge is -2.14. The van der Waals surface area contributed by atoms with Crippen LogP contribution in [0.1, 0.15) is 16.7 Å². The highest BCUT2D eigenvalue weighted by Gasteiger charge is 2.36.